The van der Waals surface area contributed by atoms with Crippen LogP contribution in [0.25, 0.3) is 16.5 Å². The fourth-order valence-electron chi connectivity index (χ4n) is 5.46. The number of pyridine rings is 1. The minimum absolute atomic E-state index is 0.0359. The lowest BCUT2D eigenvalue weighted by molar-refractivity contribution is -0.123. The summed E-state index contributed by atoms with van der Waals surface area (Å²) in [6, 6.07) is 6.25. The molecule has 0 fully saturated rings. The first kappa shape index (κ1) is 24.9. The molecule has 184 valence electrons. The number of nitrogens with one attached hydrogen (secondary N) is 1. The lowest BCUT2D eigenvalue weighted by Crippen LogP contribution is -2.26. The minimum atomic E-state index is -0.122. The number of carbonyl (C=O) groups is 1. The molecular formula is C30H37N3O2. The van der Waals surface area contributed by atoms with Gasteiger partial charge in [-0.1, -0.05) is 19.1 Å². The first-order valence-corrected chi connectivity index (χ1v) is 12.7. The van der Waals surface area contributed by atoms with Gasteiger partial charge in [0.2, 0.25) is 5.91 Å². The van der Waals surface area contributed by atoms with E-state index in [9.17, 15) is 4.79 Å². The molecule has 1 atom stereocenters. The van der Waals surface area contributed by atoms with Crippen molar-refractivity contribution < 1.29 is 9.53 Å². The summed E-state index contributed by atoms with van der Waals surface area (Å²) in [5.74, 6) is 0.815. The Morgan fingerprint density at radius 3 is 2.71 bits per heavy atom. The van der Waals surface area contributed by atoms with Crippen molar-refractivity contribution in [3.05, 3.63) is 64.5 Å². The van der Waals surface area contributed by atoms with E-state index in [1.54, 1.807) is 7.05 Å². The van der Waals surface area contributed by atoms with Crippen LogP contribution in [0.5, 0.6) is 5.75 Å². The molecule has 1 unspecified atom stereocenters. The number of rotatable bonds is 7. The van der Waals surface area contributed by atoms with Gasteiger partial charge in [-0.05, 0) is 87.8 Å². The first-order chi connectivity index (χ1) is 16.8. The third-order valence-electron chi connectivity index (χ3n) is 7.26. The second-order valence-electron chi connectivity index (χ2n) is 9.87. The van der Waals surface area contributed by atoms with E-state index < -0.39 is 0 Å². The molecule has 1 aromatic heterocycles. The highest BCUT2D eigenvalue weighted by atomic mass is 16.5. The van der Waals surface area contributed by atoms with Crippen LogP contribution in [0.1, 0.15) is 70.9 Å². The standard InChI is InChI=1S/C30H37N3O2/c1-18-9-7-8-10-24(18)27(22(5)33-20(3)17-19(2)30(34)31-6)21(4)25-11-12-26-28-23(14-16-35-26)13-15-32-29(25)28/h11-13,15,19H,4,7-10,14,16-17H2,1-3,5-6H3,(H,31,34)/b27-22+,33-20?. The molecule has 2 aromatic rings. The largest absolute Gasteiger partial charge is 0.493 e. The number of aliphatic imine (C=N–C) groups is 1. The van der Waals surface area contributed by atoms with Gasteiger partial charge in [0.1, 0.15) is 5.75 Å². The van der Waals surface area contributed by atoms with Gasteiger partial charge in [-0.25, -0.2) is 0 Å². The Kier molecular flexibility index (Phi) is 7.54. The molecule has 1 aromatic carbocycles. The Morgan fingerprint density at radius 2 is 1.97 bits per heavy atom. The number of hydrogen-bond acceptors (Lipinski definition) is 4. The van der Waals surface area contributed by atoms with Gasteiger partial charge in [-0.2, -0.15) is 0 Å². The lowest BCUT2D eigenvalue weighted by atomic mass is 9.82. The molecule has 0 saturated heterocycles. The van der Waals surface area contributed by atoms with E-state index >= 15 is 0 Å². The van der Waals surface area contributed by atoms with E-state index in [2.05, 4.69) is 43.9 Å². The predicted molar refractivity (Wildman–Crippen MR) is 145 cm³/mol. The monoisotopic (exact) mass is 471 g/mol. The van der Waals surface area contributed by atoms with Crippen molar-refractivity contribution in [2.24, 2.45) is 10.9 Å². The molecule has 1 N–H and O–H groups in total. The first-order valence-electron chi connectivity index (χ1n) is 12.7. The lowest BCUT2D eigenvalue weighted by Gasteiger charge is -2.25. The van der Waals surface area contributed by atoms with Crippen molar-refractivity contribution in [1.29, 1.82) is 0 Å². The maximum atomic E-state index is 12.0. The number of nitrogens with zero attached hydrogens (tertiary/aromatic N) is 2. The zero-order valence-electron chi connectivity index (χ0n) is 21.8. The van der Waals surface area contributed by atoms with E-state index in [0.717, 1.165) is 64.0 Å². The molecule has 0 saturated carbocycles. The maximum Gasteiger partial charge on any atom is 0.222 e. The number of benzene rings is 1. The second-order valence-corrected chi connectivity index (χ2v) is 9.87. The average Bonchev–Trinajstić information content (AvgIpc) is 2.85. The van der Waals surface area contributed by atoms with Gasteiger partial charge in [-0.15, -0.1) is 0 Å². The summed E-state index contributed by atoms with van der Waals surface area (Å²) in [7, 11) is 1.68. The highest BCUT2D eigenvalue weighted by molar-refractivity contribution is 6.01. The Morgan fingerprint density at radius 1 is 1.20 bits per heavy atom. The number of ether oxygens (including phenoxy) is 1. The zero-order valence-corrected chi connectivity index (χ0v) is 21.8. The van der Waals surface area contributed by atoms with Gasteiger partial charge in [0.25, 0.3) is 0 Å². The molecule has 35 heavy (non-hydrogen) atoms. The molecule has 1 aliphatic carbocycles. The van der Waals surface area contributed by atoms with Gasteiger partial charge in [0.15, 0.2) is 0 Å². The molecule has 0 bridgehead atoms. The topological polar surface area (TPSA) is 63.6 Å². The molecule has 2 aliphatic rings. The predicted octanol–water partition coefficient (Wildman–Crippen LogP) is 6.58. The van der Waals surface area contributed by atoms with Gasteiger partial charge in [0, 0.05) is 53.5 Å². The smallest absolute Gasteiger partial charge is 0.222 e. The summed E-state index contributed by atoms with van der Waals surface area (Å²) in [6.07, 6.45) is 7.93. The zero-order chi connectivity index (χ0) is 25.1. The SMILES string of the molecule is C=C(/C(C1=C(C)CCCC1)=C(/C)N=C(C)CC(C)C(=O)NC)c1ccc2c3c(ccnc13)CCO2. The summed E-state index contributed by atoms with van der Waals surface area (Å²) in [5.41, 5.74) is 9.98. The van der Waals surface area contributed by atoms with Gasteiger partial charge in [-0.3, -0.25) is 14.8 Å². The van der Waals surface area contributed by atoms with Crippen LogP contribution in [0.4, 0.5) is 0 Å². The average molecular weight is 472 g/mol. The van der Waals surface area contributed by atoms with Gasteiger partial charge < -0.3 is 10.1 Å². The highest BCUT2D eigenvalue weighted by Gasteiger charge is 2.23. The number of carbonyl (C=O) groups excluding carboxylic acids is 1. The van der Waals surface area contributed by atoms with Gasteiger partial charge >= 0.3 is 0 Å². The minimum Gasteiger partial charge on any atom is -0.493 e. The molecule has 0 radical (unpaired) electrons. The van der Waals surface area contributed by atoms with E-state index in [0.29, 0.717) is 13.0 Å². The number of allylic oxidation sites excluding steroid dienone is 5. The van der Waals surface area contributed by atoms with Crippen molar-refractivity contribution in [2.75, 3.05) is 13.7 Å². The molecular weight excluding hydrogens is 434 g/mol. The van der Waals surface area contributed by atoms with Crippen LogP contribution in [0.3, 0.4) is 0 Å². The van der Waals surface area contributed by atoms with Crippen LogP contribution in [0.15, 0.2) is 58.4 Å². The van der Waals surface area contributed by atoms with E-state index in [1.165, 1.54) is 29.6 Å². The van der Waals surface area contributed by atoms with Crippen LogP contribution in [-0.2, 0) is 11.2 Å². The van der Waals surface area contributed by atoms with Crippen LogP contribution in [0.2, 0.25) is 0 Å². The van der Waals surface area contributed by atoms with Crippen LogP contribution >= 0.6 is 0 Å². The molecule has 1 aliphatic heterocycles. The van der Waals surface area contributed by atoms with E-state index in [4.69, 9.17) is 14.7 Å². The summed E-state index contributed by atoms with van der Waals surface area (Å²) in [4.78, 5) is 21.8. The fourth-order valence-corrected chi connectivity index (χ4v) is 5.46. The summed E-state index contributed by atoms with van der Waals surface area (Å²) in [6.45, 7) is 13.6. The van der Waals surface area contributed by atoms with Crippen molar-refractivity contribution in [3.63, 3.8) is 0 Å². The molecule has 2 heterocycles. The molecule has 4 rings (SSSR count). The Bertz CT molecular complexity index is 1260. The van der Waals surface area contributed by atoms with Crippen LogP contribution in [0, 0.1) is 5.92 Å². The van der Waals surface area contributed by atoms with E-state index in [-0.39, 0.29) is 11.8 Å². The summed E-state index contributed by atoms with van der Waals surface area (Å²) >= 11 is 0. The maximum absolute atomic E-state index is 12.0. The summed E-state index contributed by atoms with van der Waals surface area (Å²) in [5, 5.41) is 3.83. The molecule has 0 spiro atoms. The molecule has 5 heteroatoms. The number of hydrogen-bond donors (Lipinski definition) is 1. The molecule has 5 nitrogen and oxygen atoms in total. The van der Waals surface area contributed by atoms with Crippen molar-refractivity contribution in [1.82, 2.24) is 10.3 Å². The van der Waals surface area contributed by atoms with Crippen molar-refractivity contribution in [3.8, 4) is 5.75 Å². The second kappa shape index (κ2) is 10.6. The normalized spacial score (nSPS) is 17.6. The van der Waals surface area contributed by atoms with E-state index in [1.807, 2.05) is 20.0 Å². The summed E-state index contributed by atoms with van der Waals surface area (Å²) < 4.78 is 5.94. The van der Waals surface area contributed by atoms with Crippen LogP contribution < -0.4 is 10.1 Å². The number of aromatic nitrogens is 1. The Labute approximate surface area is 209 Å². The quantitative estimate of drug-likeness (QED) is 0.366. The van der Waals surface area contributed by atoms with Crippen molar-refractivity contribution >= 4 is 28.1 Å². The van der Waals surface area contributed by atoms with Gasteiger partial charge in [0.05, 0.1) is 12.1 Å². The Balaban J connectivity index is 1.83. The van der Waals surface area contributed by atoms with Crippen molar-refractivity contribution in [2.45, 2.75) is 66.2 Å². The number of amides is 1. The fraction of sp³-hybridized carbons (Fsp3) is 0.433. The Hall–Kier alpha value is -3.21. The highest BCUT2D eigenvalue weighted by Crippen LogP contribution is 2.42. The van der Waals surface area contributed by atoms with Crippen LogP contribution in [-0.4, -0.2) is 30.3 Å². The third kappa shape index (κ3) is 5.09. The molecule has 1 amide bonds. The third-order valence-corrected chi connectivity index (χ3v) is 7.26.